The Hall–Kier alpha value is -0.710. The van der Waals surface area contributed by atoms with E-state index in [2.05, 4.69) is 20.9 Å². The lowest BCUT2D eigenvalue weighted by molar-refractivity contribution is 0.145. The maximum Gasteiger partial charge on any atom is 0.278 e. The topological polar surface area (TPSA) is 32.9 Å². The predicted octanol–water partition coefficient (Wildman–Crippen LogP) is 2.52. The van der Waals surface area contributed by atoms with Crippen LogP contribution in [0.4, 0.5) is 8.78 Å². The molecule has 2 nitrogen and oxygen atoms in total. The van der Waals surface area contributed by atoms with Crippen molar-refractivity contribution in [1.29, 1.82) is 0 Å². The molecule has 0 bridgehead atoms. The van der Waals surface area contributed by atoms with Crippen molar-refractivity contribution in [1.82, 2.24) is 4.98 Å². The normalized spacial score (nSPS) is 10.8. The molecule has 0 aliphatic carbocycles. The molecule has 0 aliphatic rings. The Labute approximate surface area is 82.1 Å². The molecule has 0 amide bonds. The minimum absolute atomic E-state index is 0.327. The van der Waals surface area contributed by atoms with Crippen molar-refractivity contribution >= 4 is 15.9 Å². The van der Waals surface area contributed by atoms with Crippen LogP contribution in [0, 0.1) is 6.92 Å². The van der Waals surface area contributed by atoms with Crippen LogP contribution in [0.25, 0.3) is 0 Å². The highest BCUT2D eigenvalue weighted by molar-refractivity contribution is 9.08. The van der Waals surface area contributed by atoms with Crippen LogP contribution in [0.3, 0.4) is 0 Å². The van der Waals surface area contributed by atoms with E-state index in [0.717, 1.165) is 0 Å². The van der Waals surface area contributed by atoms with Crippen LogP contribution in [0.15, 0.2) is 10.9 Å². The summed E-state index contributed by atoms with van der Waals surface area (Å²) in [5.74, 6) is 0. The van der Waals surface area contributed by atoms with Gasteiger partial charge in [-0.3, -0.25) is 4.79 Å². The van der Waals surface area contributed by atoms with E-state index in [0.29, 0.717) is 16.5 Å². The summed E-state index contributed by atoms with van der Waals surface area (Å²) in [5.41, 5.74) is 0.291. The van der Waals surface area contributed by atoms with Gasteiger partial charge in [-0.1, -0.05) is 15.9 Å². The Morgan fingerprint density at radius 3 is 2.62 bits per heavy atom. The van der Waals surface area contributed by atoms with E-state index >= 15 is 0 Å². The molecule has 1 aromatic heterocycles. The van der Waals surface area contributed by atoms with E-state index in [1.165, 1.54) is 6.07 Å². The molecule has 1 N–H and O–H groups in total. The van der Waals surface area contributed by atoms with Crippen molar-refractivity contribution in [3.05, 3.63) is 33.2 Å². The van der Waals surface area contributed by atoms with Crippen LogP contribution in [0.1, 0.15) is 23.2 Å². The summed E-state index contributed by atoms with van der Waals surface area (Å²) in [6.45, 7) is 1.64. The monoisotopic (exact) mass is 251 g/mol. The van der Waals surface area contributed by atoms with Gasteiger partial charge in [0.15, 0.2) is 0 Å². The van der Waals surface area contributed by atoms with Gasteiger partial charge in [0.2, 0.25) is 0 Å². The fourth-order valence-corrected chi connectivity index (χ4v) is 1.72. The zero-order valence-corrected chi connectivity index (χ0v) is 8.49. The number of nitrogens with one attached hydrogen (secondary N) is 1. The zero-order chi connectivity index (χ0) is 10.0. The summed E-state index contributed by atoms with van der Waals surface area (Å²) in [6.07, 6.45) is -2.63. The van der Waals surface area contributed by atoms with Crippen LogP contribution in [0.5, 0.6) is 0 Å². The molecule has 0 atom stereocenters. The quantitative estimate of drug-likeness (QED) is 0.806. The molecule has 0 unspecified atom stereocenters. The molecule has 0 spiro atoms. The first-order chi connectivity index (χ1) is 6.06. The lowest BCUT2D eigenvalue weighted by atomic mass is 10.1. The van der Waals surface area contributed by atoms with E-state index in [4.69, 9.17) is 0 Å². The fourth-order valence-electron chi connectivity index (χ4n) is 1.03. The number of aromatic amines is 1. The van der Waals surface area contributed by atoms with Gasteiger partial charge in [0.05, 0.1) is 5.69 Å². The molecule has 0 saturated heterocycles. The minimum atomic E-state index is -2.63. The van der Waals surface area contributed by atoms with Gasteiger partial charge < -0.3 is 4.98 Å². The van der Waals surface area contributed by atoms with Gasteiger partial charge >= 0.3 is 0 Å². The highest BCUT2D eigenvalue weighted by atomic mass is 79.9. The van der Waals surface area contributed by atoms with Gasteiger partial charge in [-0.05, 0) is 18.6 Å². The van der Waals surface area contributed by atoms with Gasteiger partial charge in [-0.25, -0.2) is 8.78 Å². The van der Waals surface area contributed by atoms with Crippen molar-refractivity contribution in [3.63, 3.8) is 0 Å². The lowest BCUT2D eigenvalue weighted by Crippen LogP contribution is -2.15. The molecule has 0 radical (unpaired) electrons. The highest BCUT2D eigenvalue weighted by Gasteiger charge is 2.11. The molecule has 1 heterocycles. The van der Waals surface area contributed by atoms with Crippen molar-refractivity contribution in [2.75, 3.05) is 0 Å². The van der Waals surface area contributed by atoms with Crippen LogP contribution in [-0.4, -0.2) is 4.98 Å². The summed E-state index contributed by atoms with van der Waals surface area (Å²) in [4.78, 5) is 13.3. The number of alkyl halides is 3. The first kappa shape index (κ1) is 10.4. The van der Waals surface area contributed by atoms with Crippen LogP contribution < -0.4 is 5.56 Å². The Bertz CT molecular complexity index is 362. The second kappa shape index (κ2) is 4.00. The number of hydrogen-bond acceptors (Lipinski definition) is 1. The number of pyridine rings is 1. The fraction of sp³-hybridized carbons (Fsp3) is 0.375. The molecular weight excluding hydrogens is 244 g/mol. The number of H-pyrrole nitrogens is 1. The van der Waals surface area contributed by atoms with E-state index in [9.17, 15) is 13.6 Å². The van der Waals surface area contributed by atoms with Crippen LogP contribution >= 0.6 is 15.9 Å². The molecule has 0 aliphatic heterocycles. The maximum absolute atomic E-state index is 12.2. The van der Waals surface area contributed by atoms with Gasteiger partial charge in [0.25, 0.3) is 12.0 Å². The Balaban J connectivity index is 3.29. The van der Waals surface area contributed by atoms with Crippen molar-refractivity contribution in [2.24, 2.45) is 0 Å². The number of halogens is 3. The van der Waals surface area contributed by atoms with Gasteiger partial charge in [0.1, 0.15) is 0 Å². The zero-order valence-electron chi connectivity index (χ0n) is 6.90. The minimum Gasteiger partial charge on any atom is -0.321 e. The van der Waals surface area contributed by atoms with Gasteiger partial charge in [-0.2, -0.15) is 0 Å². The predicted molar refractivity (Wildman–Crippen MR) is 49.4 cm³/mol. The number of aromatic nitrogens is 1. The summed E-state index contributed by atoms with van der Waals surface area (Å²) in [6, 6.07) is 1.29. The van der Waals surface area contributed by atoms with Crippen molar-refractivity contribution in [3.8, 4) is 0 Å². The second-order valence-electron chi connectivity index (χ2n) is 2.65. The molecule has 72 valence electrons. The third kappa shape index (κ3) is 2.15. The first-order valence-corrected chi connectivity index (χ1v) is 4.75. The van der Waals surface area contributed by atoms with Crippen LogP contribution in [-0.2, 0) is 5.33 Å². The smallest absolute Gasteiger partial charge is 0.278 e. The summed E-state index contributed by atoms with van der Waals surface area (Å²) in [7, 11) is 0. The lowest BCUT2D eigenvalue weighted by Gasteiger charge is -2.04. The van der Waals surface area contributed by atoms with E-state index in [-0.39, 0.29) is 5.69 Å². The molecule has 1 aromatic rings. The molecule has 13 heavy (non-hydrogen) atoms. The number of hydrogen-bond donors (Lipinski definition) is 1. The van der Waals surface area contributed by atoms with Gasteiger partial charge in [-0.15, -0.1) is 0 Å². The Kier molecular flexibility index (Phi) is 3.19. The second-order valence-corrected chi connectivity index (χ2v) is 3.21. The number of rotatable bonds is 2. The average Bonchev–Trinajstić information content (AvgIpc) is 2.03. The largest absolute Gasteiger partial charge is 0.321 e. The first-order valence-electron chi connectivity index (χ1n) is 3.63. The summed E-state index contributed by atoms with van der Waals surface area (Å²) < 4.78 is 24.4. The Morgan fingerprint density at radius 2 is 2.23 bits per heavy atom. The number of aryl methyl sites for hydroxylation is 1. The van der Waals surface area contributed by atoms with Crippen molar-refractivity contribution < 1.29 is 8.78 Å². The van der Waals surface area contributed by atoms with E-state index in [1.807, 2.05) is 0 Å². The SMILES string of the molecule is Cc1cc(C(F)F)[nH]c(=O)c1CBr. The van der Waals surface area contributed by atoms with E-state index < -0.39 is 12.0 Å². The third-order valence-electron chi connectivity index (χ3n) is 1.75. The molecular formula is C8H8BrF2NO. The Morgan fingerprint density at radius 1 is 1.62 bits per heavy atom. The van der Waals surface area contributed by atoms with E-state index in [1.54, 1.807) is 6.92 Å². The third-order valence-corrected chi connectivity index (χ3v) is 2.31. The molecule has 0 aromatic carbocycles. The summed E-state index contributed by atoms with van der Waals surface area (Å²) >= 11 is 3.11. The van der Waals surface area contributed by atoms with Gasteiger partial charge in [0, 0.05) is 10.9 Å². The van der Waals surface area contributed by atoms with Crippen molar-refractivity contribution in [2.45, 2.75) is 18.7 Å². The molecule has 5 heteroatoms. The molecule has 0 fully saturated rings. The standard InChI is InChI=1S/C8H8BrF2NO/c1-4-2-6(7(10)11)12-8(13)5(4)3-9/h2,7H,3H2,1H3,(H,12,13). The molecule has 1 rings (SSSR count). The van der Waals surface area contributed by atoms with Crippen LogP contribution in [0.2, 0.25) is 0 Å². The summed E-state index contributed by atoms with van der Waals surface area (Å²) in [5, 5.41) is 0.373. The average molecular weight is 252 g/mol. The molecule has 0 saturated carbocycles. The maximum atomic E-state index is 12.2. The highest BCUT2D eigenvalue weighted by Crippen LogP contribution is 2.17.